The van der Waals surface area contributed by atoms with Crippen LogP contribution in [0.3, 0.4) is 0 Å². The Balaban J connectivity index is 2.31. The number of esters is 1. The number of methoxy groups -OCH3 is 1. The molecule has 0 spiro atoms. The fourth-order valence-corrected chi connectivity index (χ4v) is 1.71. The first-order valence-corrected chi connectivity index (χ1v) is 7.03. The molecule has 0 saturated heterocycles. The molecule has 0 aliphatic rings. The Hall–Kier alpha value is -2.61. The molecule has 0 radical (unpaired) electrons. The molecule has 8 heteroatoms. The summed E-state index contributed by atoms with van der Waals surface area (Å²) in [5, 5.41) is 7.53. The molecule has 1 rings (SSSR count). The lowest BCUT2D eigenvalue weighted by molar-refractivity contribution is -0.144. The van der Waals surface area contributed by atoms with Crippen molar-refractivity contribution in [3.63, 3.8) is 0 Å². The van der Waals surface area contributed by atoms with E-state index in [4.69, 9.17) is 4.74 Å². The smallest absolute Gasteiger partial charge is 0.407 e. The van der Waals surface area contributed by atoms with Crippen molar-refractivity contribution >= 4 is 18.0 Å². The van der Waals surface area contributed by atoms with Gasteiger partial charge in [-0.25, -0.2) is 9.59 Å². The second-order valence-corrected chi connectivity index (χ2v) is 4.62. The lowest BCUT2D eigenvalue weighted by atomic mass is 10.2. The first-order valence-electron chi connectivity index (χ1n) is 7.03. The number of hydrogen-bond donors (Lipinski definition) is 3. The van der Waals surface area contributed by atoms with Gasteiger partial charge in [0.2, 0.25) is 5.91 Å². The minimum absolute atomic E-state index is 0.110. The highest BCUT2D eigenvalue weighted by molar-refractivity contribution is 5.87. The van der Waals surface area contributed by atoms with Crippen LogP contribution >= 0.6 is 0 Å². The van der Waals surface area contributed by atoms with E-state index in [9.17, 15) is 14.4 Å². The third kappa shape index (κ3) is 7.28. The van der Waals surface area contributed by atoms with Crippen molar-refractivity contribution in [3.8, 4) is 0 Å². The molecular weight excluding hydrogens is 302 g/mol. The molecule has 23 heavy (non-hydrogen) atoms. The summed E-state index contributed by atoms with van der Waals surface area (Å²) in [6, 6.07) is 8.34. The van der Waals surface area contributed by atoms with Gasteiger partial charge in [-0.1, -0.05) is 30.3 Å². The molecule has 1 aromatic rings. The Labute approximate surface area is 134 Å². The van der Waals surface area contributed by atoms with Crippen LogP contribution < -0.4 is 16.0 Å². The van der Waals surface area contributed by atoms with Crippen LogP contribution in [0.5, 0.6) is 0 Å². The van der Waals surface area contributed by atoms with Crippen molar-refractivity contribution < 1.29 is 23.9 Å². The van der Waals surface area contributed by atoms with E-state index in [1.807, 2.05) is 30.3 Å². The summed E-state index contributed by atoms with van der Waals surface area (Å²) < 4.78 is 9.54. The van der Waals surface area contributed by atoms with Crippen LogP contribution in [-0.4, -0.2) is 51.3 Å². The Bertz CT molecular complexity index is 521. The molecule has 0 fully saturated rings. The predicted molar refractivity (Wildman–Crippen MR) is 82.5 cm³/mol. The molecule has 1 aromatic carbocycles. The van der Waals surface area contributed by atoms with Crippen molar-refractivity contribution in [1.82, 2.24) is 16.0 Å². The number of carbonyl (C=O) groups is 3. The Morgan fingerprint density at radius 1 is 1.17 bits per heavy atom. The molecule has 2 amide bonds. The summed E-state index contributed by atoms with van der Waals surface area (Å²) in [5.41, 5.74) is 0.840. The second-order valence-electron chi connectivity index (χ2n) is 4.62. The van der Waals surface area contributed by atoms with Crippen LogP contribution in [0.2, 0.25) is 0 Å². The number of benzene rings is 1. The monoisotopic (exact) mass is 323 g/mol. The maximum absolute atomic E-state index is 11.7. The molecule has 0 heterocycles. The van der Waals surface area contributed by atoms with Gasteiger partial charge in [0.1, 0.15) is 19.2 Å². The van der Waals surface area contributed by atoms with E-state index in [2.05, 4.69) is 20.7 Å². The average Bonchev–Trinajstić information content (AvgIpc) is 2.58. The number of alkyl carbamates (subject to hydrolysis) is 1. The molecule has 0 aromatic heterocycles. The lowest BCUT2D eigenvalue weighted by Gasteiger charge is -2.16. The molecular formula is C15H21N3O5. The number of ether oxygens (including phenoxy) is 2. The highest BCUT2D eigenvalue weighted by Crippen LogP contribution is 2.00. The van der Waals surface area contributed by atoms with Gasteiger partial charge in [-0.3, -0.25) is 4.79 Å². The molecule has 1 atom stereocenters. The summed E-state index contributed by atoms with van der Waals surface area (Å²) in [5.74, 6) is -1.09. The van der Waals surface area contributed by atoms with Gasteiger partial charge < -0.3 is 25.4 Å². The predicted octanol–water partition coefficient (Wildman–Crippen LogP) is -0.210. The first kappa shape index (κ1) is 18.4. The van der Waals surface area contributed by atoms with E-state index in [0.717, 1.165) is 5.56 Å². The zero-order valence-electron chi connectivity index (χ0n) is 13.1. The van der Waals surface area contributed by atoms with Crippen LogP contribution in [0.25, 0.3) is 0 Å². The summed E-state index contributed by atoms with van der Waals surface area (Å²) in [7, 11) is 2.87. The normalized spacial score (nSPS) is 11.2. The molecule has 3 N–H and O–H groups in total. The number of hydrogen-bond acceptors (Lipinski definition) is 6. The van der Waals surface area contributed by atoms with Crippen molar-refractivity contribution in [2.45, 2.75) is 12.6 Å². The van der Waals surface area contributed by atoms with Crippen molar-refractivity contribution in [2.75, 3.05) is 27.2 Å². The van der Waals surface area contributed by atoms with Crippen LogP contribution in [0.4, 0.5) is 4.79 Å². The first-order chi connectivity index (χ1) is 11.1. The number of carbonyl (C=O) groups excluding carboxylic acids is 3. The molecule has 8 nitrogen and oxygen atoms in total. The minimum atomic E-state index is -0.820. The van der Waals surface area contributed by atoms with Crippen LogP contribution in [0.15, 0.2) is 30.3 Å². The van der Waals surface area contributed by atoms with Gasteiger partial charge >= 0.3 is 12.1 Å². The van der Waals surface area contributed by atoms with E-state index in [1.54, 1.807) is 7.05 Å². The van der Waals surface area contributed by atoms with Gasteiger partial charge in [0.05, 0.1) is 7.11 Å². The summed E-state index contributed by atoms with van der Waals surface area (Å²) in [4.78, 5) is 34.7. The van der Waals surface area contributed by atoms with Crippen LogP contribution in [0.1, 0.15) is 5.56 Å². The highest BCUT2D eigenvalue weighted by atomic mass is 16.5. The van der Waals surface area contributed by atoms with Gasteiger partial charge in [-0.2, -0.15) is 0 Å². The van der Waals surface area contributed by atoms with E-state index < -0.39 is 24.0 Å². The zero-order valence-corrected chi connectivity index (χ0v) is 13.1. The molecule has 0 aliphatic carbocycles. The fraction of sp³-hybridized carbons (Fsp3) is 0.400. The van der Waals surface area contributed by atoms with E-state index >= 15 is 0 Å². The van der Waals surface area contributed by atoms with Gasteiger partial charge in [-0.05, 0) is 12.6 Å². The number of likely N-dealkylation sites (N-methyl/N-ethyl adjacent to an activating group) is 1. The van der Waals surface area contributed by atoms with Gasteiger partial charge in [0, 0.05) is 6.54 Å². The SMILES string of the molecule is CNCC(NC(=O)CNC(=O)OCc1ccccc1)C(=O)OC. The average molecular weight is 323 g/mol. The van der Waals surface area contributed by atoms with Crippen molar-refractivity contribution in [2.24, 2.45) is 0 Å². The largest absolute Gasteiger partial charge is 0.467 e. The van der Waals surface area contributed by atoms with Crippen LogP contribution in [-0.2, 0) is 25.7 Å². The number of amides is 2. The van der Waals surface area contributed by atoms with Gasteiger partial charge in [-0.15, -0.1) is 0 Å². The summed E-state index contributed by atoms with van der Waals surface area (Å²) in [6.45, 7) is 0.0283. The van der Waals surface area contributed by atoms with Crippen molar-refractivity contribution in [3.05, 3.63) is 35.9 Å². The minimum Gasteiger partial charge on any atom is -0.467 e. The Kier molecular flexibility index (Phi) is 8.16. The van der Waals surface area contributed by atoms with E-state index in [-0.39, 0.29) is 19.7 Å². The Morgan fingerprint density at radius 3 is 2.48 bits per heavy atom. The maximum Gasteiger partial charge on any atom is 0.407 e. The summed E-state index contributed by atoms with van der Waals surface area (Å²) in [6.07, 6.45) is -0.716. The molecule has 0 aliphatic heterocycles. The lowest BCUT2D eigenvalue weighted by Crippen LogP contribution is -2.50. The number of rotatable bonds is 8. The third-order valence-electron chi connectivity index (χ3n) is 2.84. The molecule has 0 bridgehead atoms. The van der Waals surface area contributed by atoms with Gasteiger partial charge in [0.15, 0.2) is 0 Å². The van der Waals surface area contributed by atoms with Crippen molar-refractivity contribution in [1.29, 1.82) is 0 Å². The maximum atomic E-state index is 11.7. The van der Waals surface area contributed by atoms with E-state index in [1.165, 1.54) is 7.11 Å². The standard InChI is InChI=1S/C15H21N3O5/c1-16-8-12(14(20)22-2)18-13(19)9-17-15(21)23-10-11-6-4-3-5-7-11/h3-7,12,16H,8-10H2,1-2H3,(H,17,21)(H,18,19). The third-order valence-corrected chi connectivity index (χ3v) is 2.84. The molecule has 126 valence electrons. The topological polar surface area (TPSA) is 106 Å². The number of nitrogens with one attached hydrogen (secondary N) is 3. The van der Waals surface area contributed by atoms with E-state index in [0.29, 0.717) is 0 Å². The molecule has 1 unspecified atom stereocenters. The van der Waals surface area contributed by atoms with Gasteiger partial charge in [0.25, 0.3) is 0 Å². The van der Waals surface area contributed by atoms with Crippen LogP contribution in [0, 0.1) is 0 Å². The summed E-state index contributed by atoms with van der Waals surface area (Å²) >= 11 is 0. The quantitative estimate of drug-likeness (QED) is 0.572. The Morgan fingerprint density at radius 2 is 1.87 bits per heavy atom. The molecule has 0 saturated carbocycles. The zero-order chi connectivity index (χ0) is 17.1. The fourth-order valence-electron chi connectivity index (χ4n) is 1.71. The highest BCUT2D eigenvalue weighted by Gasteiger charge is 2.20. The second kappa shape index (κ2) is 10.2.